The fraction of sp³-hybridized carbons (Fsp3) is 0.455. The highest BCUT2D eigenvalue weighted by Crippen LogP contribution is 2.48. The summed E-state index contributed by atoms with van der Waals surface area (Å²) >= 11 is 12.6. The highest BCUT2D eigenvalue weighted by molar-refractivity contribution is 6.35. The van der Waals surface area contributed by atoms with Crippen molar-refractivity contribution in [3.05, 3.63) is 56.3 Å². The predicted octanol–water partition coefficient (Wildman–Crippen LogP) is 4.79. The molecule has 29 heavy (non-hydrogen) atoms. The third-order valence-corrected chi connectivity index (χ3v) is 5.82. The summed E-state index contributed by atoms with van der Waals surface area (Å²) in [6, 6.07) is 5.11. The second-order valence-corrected chi connectivity index (χ2v) is 9.07. The summed E-state index contributed by atoms with van der Waals surface area (Å²) in [6.07, 6.45) is 1.11. The maximum atomic E-state index is 13.2. The summed E-state index contributed by atoms with van der Waals surface area (Å²) < 4.78 is 10.4. The van der Waals surface area contributed by atoms with Gasteiger partial charge in [-0.05, 0) is 36.5 Å². The van der Waals surface area contributed by atoms with Crippen LogP contribution in [0.25, 0.3) is 0 Å². The van der Waals surface area contributed by atoms with Gasteiger partial charge in [0.15, 0.2) is 5.78 Å². The molecule has 156 valence electrons. The van der Waals surface area contributed by atoms with E-state index in [1.54, 1.807) is 18.2 Å². The molecule has 0 bridgehead atoms. The molecule has 5 nitrogen and oxygen atoms in total. The second-order valence-electron chi connectivity index (χ2n) is 8.22. The average molecular weight is 438 g/mol. The van der Waals surface area contributed by atoms with Gasteiger partial charge in [-0.2, -0.15) is 0 Å². The fourth-order valence-corrected chi connectivity index (χ4v) is 4.57. The summed E-state index contributed by atoms with van der Waals surface area (Å²) in [5, 5.41) is 4.19. The van der Waals surface area contributed by atoms with Crippen molar-refractivity contribution in [3.8, 4) is 0 Å². The van der Waals surface area contributed by atoms with Crippen LogP contribution in [0.1, 0.15) is 45.1 Å². The number of ketones is 1. The number of rotatable bonds is 5. The minimum Gasteiger partial charge on any atom is -0.460 e. The van der Waals surface area contributed by atoms with E-state index < -0.39 is 11.9 Å². The lowest BCUT2D eigenvalue weighted by atomic mass is 9.68. The number of carbonyl (C=O) groups excluding carboxylic acids is 2. The lowest BCUT2D eigenvalue weighted by Crippen LogP contribution is -2.38. The van der Waals surface area contributed by atoms with E-state index in [-0.39, 0.29) is 17.8 Å². The molecular weight excluding hydrogens is 413 g/mol. The quantitative estimate of drug-likeness (QED) is 0.529. The molecule has 0 unspecified atom stereocenters. The largest absolute Gasteiger partial charge is 0.460 e. The molecule has 0 saturated heterocycles. The van der Waals surface area contributed by atoms with Gasteiger partial charge >= 0.3 is 5.97 Å². The van der Waals surface area contributed by atoms with Gasteiger partial charge < -0.3 is 14.8 Å². The predicted molar refractivity (Wildman–Crippen MR) is 113 cm³/mol. The molecule has 1 aromatic carbocycles. The first kappa shape index (κ1) is 21.9. The Morgan fingerprint density at radius 2 is 1.97 bits per heavy atom. The molecule has 0 radical (unpaired) electrons. The Kier molecular flexibility index (Phi) is 6.42. The number of carbonyl (C=O) groups is 2. The molecule has 0 saturated carbocycles. The molecule has 1 N–H and O–H groups in total. The Morgan fingerprint density at radius 3 is 2.62 bits per heavy atom. The number of halogens is 2. The minimum absolute atomic E-state index is 0.00876. The van der Waals surface area contributed by atoms with E-state index in [4.69, 9.17) is 32.7 Å². The molecule has 1 atom stereocenters. The van der Waals surface area contributed by atoms with Crippen molar-refractivity contribution in [3.63, 3.8) is 0 Å². The maximum absolute atomic E-state index is 13.2. The summed E-state index contributed by atoms with van der Waals surface area (Å²) in [5.74, 6) is -1.09. The molecular formula is C22H25Cl2NO4. The highest BCUT2D eigenvalue weighted by Gasteiger charge is 2.43. The monoisotopic (exact) mass is 437 g/mol. The van der Waals surface area contributed by atoms with Gasteiger partial charge in [0.25, 0.3) is 0 Å². The molecule has 0 fully saturated rings. The maximum Gasteiger partial charge on any atom is 0.336 e. The number of allylic oxidation sites excluding steroid dienone is 3. The molecule has 7 heteroatoms. The van der Waals surface area contributed by atoms with Crippen molar-refractivity contribution in [2.45, 2.75) is 39.5 Å². The van der Waals surface area contributed by atoms with Crippen LogP contribution in [-0.4, -0.2) is 32.1 Å². The van der Waals surface area contributed by atoms with Crippen LogP contribution in [0.4, 0.5) is 0 Å². The summed E-state index contributed by atoms with van der Waals surface area (Å²) in [7, 11) is 1.54. The normalized spacial score (nSPS) is 21.0. The van der Waals surface area contributed by atoms with E-state index in [1.165, 1.54) is 7.11 Å². The van der Waals surface area contributed by atoms with E-state index in [1.807, 2.05) is 6.92 Å². The SMILES string of the molecule is COCCOC(=O)C1=C(C)NC2=C(C(=O)CC(C)(C)C2)[C@@H]1c1ccc(Cl)cc1Cl. The van der Waals surface area contributed by atoms with Gasteiger partial charge in [0.1, 0.15) is 6.61 Å². The first-order valence-electron chi connectivity index (χ1n) is 9.49. The Morgan fingerprint density at radius 1 is 1.24 bits per heavy atom. The third-order valence-electron chi connectivity index (χ3n) is 5.25. The van der Waals surface area contributed by atoms with Crippen LogP contribution in [-0.2, 0) is 19.1 Å². The Balaban J connectivity index is 2.13. The van der Waals surface area contributed by atoms with Gasteiger partial charge in [-0.25, -0.2) is 4.79 Å². The van der Waals surface area contributed by atoms with E-state index in [2.05, 4.69) is 19.2 Å². The number of ether oxygens (including phenoxy) is 2. The Labute approximate surface area is 181 Å². The number of benzene rings is 1. The van der Waals surface area contributed by atoms with Crippen molar-refractivity contribution in [1.82, 2.24) is 5.32 Å². The van der Waals surface area contributed by atoms with Crippen LogP contribution < -0.4 is 5.32 Å². The first-order valence-corrected chi connectivity index (χ1v) is 10.3. The number of nitrogens with one attached hydrogen (secondary N) is 1. The van der Waals surface area contributed by atoms with Crippen LogP contribution in [0.5, 0.6) is 0 Å². The number of dihydropyridines is 1. The number of methoxy groups -OCH3 is 1. The molecule has 3 rings (SSSR count). The number of Topliss-reactive ketones (excluding diaryl/α,β-unsaturated/α-hetero) is 1. The van der Waals surface area contributed by atoms with Gasteiger partial charge in [-0.15, -0.1) is 0 Å². The average Bonchev–Trinajstić information content (AvgIpc) is 2.59. The highest BCUT2D eigenvalue weighted by atomic mass is 35.5. The first-order chi connectivity index (χ1) is 13.6. The van der Waals surface area contributed by atoms with Gasteiger partial charge in [-0.1, -0.05) is 43.1 Å². The third kappa shape index (κ3) is 4.52. The van der Waals surface area contributed by atoms with E-state index >= 15 is 0 Å². The number of hydrogen-bond donors (Lipinski definition) is 1. The van der Waals surface area contributed by atoms with Crippen LogP contribution in [0.2, 0.25) is 10.0 Å². The number of hydrogen-bond acceptors (Lipinski definition) is 5. The van der Waals surface area contributed by atoms with Gasteiger partial charge in [0.2, 0.25) is 0 Å². The van der Waals surface area contributed by atoms with E-state index in [0.29, 0.717) is 51.9 Å². The van der Waals surface area contributed by atoms with Crippen molar-refractivity contribution >= 4 is 35.0 Å². The van der Waals surface area contributed by atoms with Gasteiger partial charge in [-0.3, -0.25) is 4.79 Å². The van der Waals surface area contributed by atoms with Gasteiger partial charge in [0.05, 0.1) is 12.2 Å². The van der Waals surface area contributed by atoms with Crippen molar-refractivity contribution in [2.24, 2.45) is 5.41 Å². The zero-order chi connectivity index (χ0) is 21.3. The zero-order valence-corrected chi connectivity index (χ0v) is 18.5. The van der Waals surface area contributed by atoms with Gasteiger partial charge in [0, 0.05) is 46.5 Å². The molecule has 0 amide bonds. The van der Waals surface area contributed by atoms with Crippen LogP contribution in [0.3, 0.4) is 0 Å². The zero-order valence-electron chi connectivity index (χ0n) is 17.0. The molecule has 1 aliphatic carbocycles. The molecule has 2 aliphatic rings. The van der Waals surface area contributed by atoms with E-state index in [9.17, 15) is 9.59 Å². The lowest BCUT2D eigenvalue weighted by Gasteiger charge is -2.39. The fourth-order valence-electron chi connectivity index (χ4n) is 4.05. The summed E-state index contributed by atoms with van der Waals surface area (Å²) in [5.41, 5.74) is 2.97. The molecule has 1 aromatic rings. The molecule has 0 aromatic heterocycles. The molecule has 0 spiro atoms. The Hall–Kier alpha value is -1.82. The second kappa shape index (κ2) is 8.50. The lowest BCUT2D eigenvalue weighted by molar-refractivity contribution is -0.140. The number of esters is 1. The smallest absolute Gasteiger partial charge is 0.336 e. The standard InChI is InChI=1S/C22H25Cl2NO4/c1-12-18(21(27)29-8-7-28-4)19(14-6-5-13(23)9-15(14)24)20-16(25-12)10-22(2,3)11-17(20)26/h5-6,9,19,25H,7-8,10-11H2,1-4H3/t19-/m1/s1. The van der Waals surface area contributed by atoms with Crippen molar-refractivity contribution in [2.75, 3.05) is 20.3 Å². The Bertz CT molecular complexity index is 917. The minimum atomic E-state index is -0.602. The summed E-state index contributed by atoms with van der Waals surface area (Å²) in [4.78, 5) is 26.2. The van der Waals surface area contributed by atoms with Crippen molar-refractivity contribution < 1.29 is 19.1 Å². The van der Waals surface area contributed by atoms with Crippen molar-refractivity contribution in [1.29, 1.82) is 0 Å². The topological polar surface area (TPSA) is 64.6 Å². The summed E-state index contributed by atoms with van der Waals surface area (Å²) in [6.45, 7) is 6.36. The van der Waals surface area contributed by atoms with Crippen LogP contribution in [0.15, 0.2) is 40.7 Å². The van der Waals surface area contributed by atoms with Crippen LogP contribution >= 0.6 is 23.2 Å². The molecule has 1 heterocycles. The molecule has 1 aliphatic heterocycles. The van der Waals surface area contributed by atoms with Crippen LogP contribution in [0, 0.1) is 5.41 Å². The van der Waals surface area contributed by atoms with E-state index in [0.717, 1.165) is 5.70 Å².